The Kier molecular flexibility index (Phi) is 60.7. The molecule has 0 amide bonds. The summed E-state index contributed by atoms with van der Waals surface area (Å²) in [6.45, 7) is 6.55. The molecule has 0 bridgehead atoms. The van der Waals surface area contributed by atoms with Gasteiger partial charge in [-0.25, -0.2) is 0 Å². The average Bonchev–Trinajstić information content (AvgIpc) is 3.41. The van der Waals surface area contributed by atoms with Crippen LogP contribution in [0.25, 0.3) is 0 Å². The highest BCUT2D eigenvalue weighted by atomic mass is 16.6. The van der Waals surface area contributed by atoms with Crippen molar-refractivity contribution in [2.24, 2.45) is 0 Å². The molecule has 0 spiro atoms. The molecule has 6 heteroatoms. The summed E-state index contributed by atoms with van der Waals surface area (Å²) in [6, 6.07) is 0. The first-order valence-electron chi connectivity index (χ1n) is 32.4. The minimum absolute atomic E-state index is 0.0688. The van der Waals surface area contributed by atoms with E-state index >= 15 is 0 Å². The van der Waals surface area contributed by atoms with Crippen molar-refractivity contribution in [2.45, 2.75) is 335 Å². The first kappa shape index (κ1) is 71.8. The zero-order chi connectivity index (χ0) is 54.3. The zero-order valence-electron chi connectivity index (χ0n) is 49.8. The van der Waals surface area contributed by atoms with Gasteiger partial charge in [-0.1, -0.05) is 312 Å². The molecule has 0 heterocycles. The van der Waals surface area contributed by atoms with Crippen LogP contribution in [0.1, 0.15) is 329 Å². The van der Waals surface area contributed by atoms with E-state index in [1.54, 1.807) is 0 Å². The van der Waals surface area contributed by atoms with Gasteiger partial charge in [0.05, 0.1) is 0 Å². The minimum atomic E-state index is -0.769. The SMILES string of the molecule is CC/C=C\C/C=C\C/C=C\C/C=C\C/C=C\C/C=C\CCCCCCCCCCCCCCCCC(=O)OCC(COC(=O)CCCCCCCCCCCC)OC(=O)CCCCCCCCCCCCCCCC. The first-order valence-corrected chi connectivity index (χ1v) is 32.4. The Hall–Kier alpha value is -3.15. The second kappa shape index (κ2) is 63.4. The van der Waals surface area contributed by atoms with Crippen LogP contribution in [-0.4, -0.2) is 37.2 Å². The molecule has 0 radical (unpaired) electrons. The van der Waals surface area contributed by atoms with Crippen LogP contribution in [0, 0.1) is 0 Å². The molecule has 434 valence electrons. The predicted octanol–water partition coefficient (Wildman–Crippen LogP) is 22.1. The van der Waals surface area contributed by atoms with Gasteiger partial charge >= 0.3 is 17.9 Å². The third-order valence-corrected chi connectivity index (χ3v) is 14.2. The Morgan fingerprint density at radius 2 is 0.520 bits per heavy atom. The number of carbonyl (C=O) groups excluding carboxylic acids is 3. The summed E-state index contributed by atoms with van der Waals surface area (Å²) in [6.07, 6.45) is 82.1. The summed E-state index contributed by atoms with van der Waals surface area (Å²) in [5.41, 5.74) is 0. The topological polar surface area (TPSA) is 78.9 Å². The number of ether oxygens (including phenoxy) is 3. The molecule has 0 aliphatic heterocycles. The number of esters is 3. The largest absolute Gasteiger partial charge is 0.462 e. The maximum atomic E-state index is 12.8. The van der Waals surface area contributed by atoms with Crippen LogP contribution in [0.3, 0.4) is 0 Å². The summed E-state index contributed by atoms with van der Waals surface area (Å²) in [4.78, 5) is 38.2. The first-order chi connectivity index (χ1) is 37.0. The molecule has 0 N–H and O–H groups in total. The molecule has 75 heavy (non-hydrogen) atoms. The Labute approximate surface area is 465 Å². The van der Waals surface area contributed by atoms with Gasteiger partial charge in [0.1, 0.15) is 13.2 Å². The molecule has 1 unspecified atom stereocenters. The van der Waals surface area contributed by atoms with E-state index in [9.17, 15) is 14.4 Å². The van der Waals surface area contributed by atoms with Crippen molar-refractivity contribution in [3.8, 4) is 0 Å². The fourth-order valence-corrected chi connectivity index (χ4v) is 9.39. The van der Waals surface area contributed by atoms with Crippen LogP contribution >= 0.6 is 0 Å². The van der Waals surface area contributed by atoms with Crippen molar-refractivity contribution < 1.29 is 28.6 Å². The third-order valence-electron chi connectivity index (χ3n) is 14.2. The van der Waals surface area contributed by atoms with Gasteiger partial charge in [-0.2, -0.15) is 0 Å². The van der Waals surface area contributed by atoms with Gasteiger partial charge in [-0.3, -0.25) is 14.4 Å². The van der Waals surface area contributed by atoms with Crippen LogP contribution in [0.2, 0.25) is 0 Å². The van der Waals surface area contributed by atoms with E-state index in [1.807, 2.05) is 0 Å². The number of hydrogen-bond acceptors (Lipinski definition) is 6. The number of rotatable bonds is 59. The highest BCUT2D eigenvalue weighted by molar-refractivity contribution is 5.71. The molecule has 1 atom stereocenters. The fraction of sp³-hybridized carbons (Fsp3) is 0.783. The molecular weight excluding hydrogens is 925 g/mol. The minimum Gasteiger partial charge on any atom is -0.462 e. The number of hydrogen-bond donors (Lipinski definition) is 0. The van der Waals surface area contributed by atoms with Crippen LogP contribution in [-0.2, 0) is 28.6 Å². The van der Waals surface area contributed by atoms with Gasteiger partial charge in [0, 0.05) is 19.3 Å². The fourth-order valence-electron chi connectivity index (χ4n) is 9.39. The van der Waals surface area contributed by atoms with Crippen LogP contribution in [0.15, 0.2) is 72.9 Å². The number of allylic oxidation sites excluding steroid dienone is 12. The van der Waals surface area contributed by atoms with Gasteiger partial charge in [0.15, 0.2) is 6.10 Å². The van der Waals surface area contributed by atoms with E-state index in [2.05, 4.69) is 93.7 Å². The zero-order valence-corrected chi connectivity index (χ0v) is 49.8. The van der Waals surface area contributed by atoms with Gasteiger partial charge in [-0.05, 0) is 70.6 Å². The van der Waals surface area contributed by atoms with Gasteiger partial charge < -0.3 is 14.2 Å². The normalized spacial score (nSPS) is 12.5. The van der Waals surface area contributed by atoms with Crippen molar-refractivity contribution in [1.29, 1.82) is 0 Å². The Bertz CT molecular complexity index is 1390. The van der Waals surface area contributed by atoms with Crippen molar-refractivity contribution in [3.63, 3.8) is 0 Å². The van der Waals surface area contributed by atoms with E-state index in [4.69, 9.17) is 14.2 Å². The second-order valence-corrected chi connectivity index (χ2v) is 21.7. The van der Waals surface area contributed by atoms with E-state index in [0.29, 0.717) is 19.3 Å². The molecule has 0 aliphatic carbocycles. The molecule has 0 rings (SSSR count). The maximum Gasteiger partial charge on any atom is 0.306 e. The predicted molar refractivity (Wildman–Crippen MR) is 325 cm³/mol. The molecule has 0 aliphatic rings. The molecule has 6 nitrogen and oxygen atoms in total. The van der Waals surface area contributed by atoms with E-state index < -0.39 is 6.10 Å². The average molecular weight is 1050 g/mol. The summed E-state index contributed by atoms with van der Waals surface area (Å²) in [5.74, 6) is -0.854. The Morgan fingerprint density at radius 1 is 0.280 bits per heavy atom. The van der Waals surface area contributed by atoms with E-state index in [1.165, 1.54) is 193 Å². The smallest absolute Gasteiger partial charge is 0.306 e. The van der Waals surface area contributed by atoms with Crippen molar-refractivity contribution in [1.82, 2.24) is 0 Å². The second-order valence-electron chi connectivity index (χ2n) is 21.7. The Balaban J connectivity index is 4.09. The van der Waals surface area contributed by atoms with Gasteiger partial charge in [-0.15, -0.1) is 0 Å². The standard InChI is InChI=1S/C69H122O6/c1-4-7-10-13-16-19-22-24-26-27-28-29-30-31-32-33-34-35-36-37-38-39-40-41-42-43-44-46-47-50-53-56-59-62-68(71)74-65-66(64-73-67(70)61-58-55-52-49-21-18-15-12-9-6-3)75-69(72)63-60-57-54-51-48-45-25-23-20-17-14-11-8-5-2/h7,10,16,19,24,26,28-29,31-32,34-35,66H,4-6,8-9,11-15,17-18,20-23,25,27,30,33,36-65H2,1-3H3/b10-7-,19-16-,26-24-,29-28-,32-31-,35-34-. The lowest BCUT2D eigenvalue weighted by Crippen LogP contribution is -2.30. The molecule has 0 aromatic carbocycles. The van der Waals surface area contributed by atoms with E-state index in [0.717, 1.165) is 96.3 Å². The molecule has 0 fully saturated rings. The summed E-state index contributed by atoms with van der Waals surface area (Å²) >= 11 is 0. The molecule has 0 aromatic rings. The molecular formula is C69H122O6. The van der Waals surface area contributed by atoms with Crippen LogP contribution < -0.4 is 0 Å². The van der Waals surface area contributed by atoms with E-state index in [-0.39, 0.29) is 31.1 Å². The monoisotopic (exact) mass is 1050 g/mol. The van der Waals surface area contributed by atoms with Crippen molar-refractivity contribution in [2.75, 3.05) is 13.2 Å². The molecule has 0 saturated heterocycles. The highest BCUT2D eigenvalue weighted by Crippen LogP contribution is 2.17. The molecule has 0 aromatic heterocycles. The maximum absolute atomic E-state index is 12.8. The number of carbonyl (C=O) groups is 3. The van der Waals surface area contributed by atoms with Crippen LogP contribution in [0.4, 0.5) is 0 Å². The quantitative estimate of drug-likeness (QED) is 0.0261. The number of unbranched alkanes of at least 4 members (excludes halogenated alkanes) is 36. The lowest BCUT2D eigenvalue weighted by molar-refractivity contribution is -0.167. The summed E-state index contributed by atoms with van der Waals surface area (Å²) < 4.78 is 16.9. The summed E-state index contributed by atoms with van der Waals surface area (Å²) in [7, 11) is 0. The summed E-state index contributed by atoms with van der Waals surface area (Å²) in [5, 5.41) is 0. The van der Waals surface area contributed by atoms with Crippen LogP contribution in [0.5, 0.6) is 0 Å². The van der Waals surface area contributed by atoms with Gasteiger partial charge in [0.2, 0.25) is 0 Å². The highest BCUT2D eigenvalue weighted by Gasteiger charge is 2.19. The molecule has 0 saturated carbocycles. The third kappa shape index (κ3) is 61.6. The van der Waals surface area contributed by atoms with Crippen molar-refractivity contribution >= 4 is 17.9 Å². The van der Waals surface area contributed by atoms with Crippen molar-refractivity contribution in [3.05, 3.63) is 72.9 Å². The lowest BCUT2D eigenvalue weighted by atomic mass is 10.0. The lowest BCUT2D eigenvalue weighted by Gasteiger charge is -2.18. The Morgan fingerprint density at radius 3 is 0.813 bits per heavy atom. The van der Waals surface area contributed by atoms with Gasteiger partial charge in [0.25, 0.3) is 0 Å².